The second-order valence-corrected chi connectivity index (χ2v) is 6.46. The number of rotatable bonds is 9. The Morgan fingerprint density at radius 2 is 1.45 bits per heavy atom. The van der Waals surface area contributed by atoms with E-state index < -0.39 is 18.5 Å². The monoisotopic (exact) mass is 421 g/mol. The van der Waals surface area contributed by atoms with Crippen molar-refractivity contribution in [2.24, 2.45) is 0 Å². The van der Waals surface area contributed by atoms with Gasteiger partial charge in [-0.05, 0) is 42.0 Å². The zero-order valence-corrected chi connectivity index (χ0v) is 17.3. The second-order valence-electron chi connectivity index (χ2n) is 6.46. The minimum Gasteiger partial charge on any atom is -0.496 e. The van der Waals surface area contributed by atoms with Crippen LogP contribution in [0.3, 0.4) is 0 Å². The summed E-state index contributed by atoms with van der Waals surface area (Å²) in [6, 6.07) is 21.7. The van der Waals surface area contributed by atoms with Gasteiger partial charge in [0.1, 0.15) is 29.4 Å². The Hall–Kier alpha value is -4.00. The Morgan fingerprint density at radius 3 is 2.06 bits per heavy atom. The molecule has 0 radical (unpaired) electrons. The highest BCUT2D eigenvalue weighted by Crippen LogP contribution is 2.28. The number of methoxy groups -OCH3 is 2. The SMILES string of the molecule is COc1cccc(OC)c1C(=O)OCC(=O)Nc1ccc(OCc2ccccc2)cc1. The third kappa shape index (κ3) is 5.99. The molecule has 0 fully saturated rings. The Labute approximate surface area is 180 Å². The molecule has 0 unspecified atom stereocenters. The molecule has 0 spiro atoms. The highest BCUT2D eigenvalue weighted by atomic mass is 16.5. The minimum atomic E-state index is -0.714. The van der Waals surface area contributed by atoms with Crippen molar-refractivity contribution in [2.45, 2.75) is 6.61 Å². The van der Waals surface area contributed by atoms with Gasteiger partial charge in [-0.1, -0.05) is 36.4 Å². The molecule has 3 aromatic carbocycles. The van der Waals surface area contributed by atoms with Crippen LogP contribution in [-0.4, -0.2) is 32.7 Å². The van der Waals surface area contributed by atoms with Gasteiger partial charge in [-0.15, -0.1) is 0 Å². The van der Waals surface area contributed by atoms with E-state index in [-0.39, 0.29) is 5.56 Å². The van der Waals surface area contributed by atoms with E-state index in [0.29, 0.717) is 29.5 Å². The first-order chi connectivity index (χ1) is 15.1. The largest absolute Gasteiger partial charge is 0.496 e. The summed E-state index contributed by atoms with van der Waals surface area (Å²) in [5.74, 6) is 0.0949. The summed E-state index contributed by atoms with van der Waals surface area (Å²) >= 11 is 0. The molecule has 1 amide bonds. The number of anilines is 1. The average molecular weight is 421 g/mol. The number of carbonyl (C=O) groups excluding carboxylic acids is 2. The second kappa shape index (κ2) is 10.7. The third-order valence-corrected chi connectivity index (χ3v) is 4.35. The Bertz CT molecular complexity index is 996. The molecule has 0 aliphatic rings. The van der Waals surface area contributed by atoms with Crippen molar-refractivity contribution in [3.05, 3.63) is 83.9 Å². The number of amides is 1. The number of hydrogen-bond donors (Lipinski definition) is 1. The lowest BCUT2D eigenvalue weighted by Gasteiger charge is -2.12. The molecule has 0 atom stereocenters. The first-order valence-electron chi connectivity index (χ1n) is 9.55. The molecule has 0 aliphatic heterocycles. The highest BCUT2D eigenvalue weighted by Gasteiger charge is 2.20. The van der Waals surface area contributed by atoms with Crippen LogP contribution >= 0.6 is 0 Å². The lowest BCUT2D eigenvalue weighted by Crippen LogP contribution is -2.21. The molecule has 7 nitrogen and oxygen atoms in total. The molecule has 1 N–H and O–H groups in total. The Balaban J connectivity index is 1.51. The summed E-state index contributed by atoms with van der Waals surface area (Å²) in [5, 5.41) is 2.67. The van der Waals surface area contributed by atoms with Gasteiger partial charge in [0.2, 0.25) is 0 Å². The molecular formula is C24H23NO6. The maximum atomic E-state index is 12.4. The molecule has 0 saturated carbocycles. The number of hydrogen-bond acceptors (Lipinski definition) is 6. The lowest BCUT2D eigenvalue weighted by atomic mass is 10.2. The van der Waals surface area contributed by atoms with Gasteiger partial charge >= 0.3 is 5.97 Å². The van der Waals surface area contributed by atoms with Crippen LogP contribution in [0.25, 0.3) is 0 Å². The predicted molar refractivity (Wildman–Crippen MR) is 116 cm³/mol. The van der Waals surface area contributed by atoms with Crippen LogP contribution in [0.4, 0.5) is 5.69 Å². The van der Waals surface area contributed by atoms with Crippen LogP contribution < -0.4 is 19.5 Å². The van der Waals surface area contributed by atoms with Crippen molar-refractivity contribution >= 4 is 17.6 Å². The topological polar surface area (TPSA) is 83.1 Å². The van der Waals surface area contributed by atoms with Crippen molar-refractivity contribution in [2.75, 3.05) is 26.1 Å². The summed E-state index contributed by atoms with van der Waals surface area (Å²) in [4.78, 5) is 24.6. The maximum Gasteiger partial charge on any atom is 0.346 e. The fourth-order valence-electron chi connectivity index (χ4n) is 2.83. The Kier molecular flexibility index (Phi) is 7.48. The van der Waals surface area contributed by atoms with Crippen LogP contribution in [0.15, 0.2) is 72.8 Å². The van der Waals surface area contributed by atoms with E-state index in [1.54, 1.807) is 42.5 Å². The standard InChI is InChI=1S/C24H23NO6/c1-28-20-9-6-10-21(29-2)23(20)24(27)31-16-22(26)25-18-11-13-19(14-12-18)30-15-17-7-4-3-5-8-17/h3-14H,15-16H2,1-2H3,(H,25,26). The number of ether oxygens (including phenoxy) is 4. The lowest BCUT2D eigenvalue weighted by molar-refractivity contribution is -0.119. The van der Waals surface area contributed by atoms with Gasteiger partial charge < -0.3 is 24.3 Å². The van der Waals surface area contributed by atoms with E-state index in [9.17, 15) is 9.59 Å². The molecule has 0 bridgehead atoms. The van der Waals surface area contributed by atoms with Crippen molar-refractivity contribution in [3.63, 3.8) is 0 Å². The van der Waals surface area contributed by atoms with Crippen LogP contribution in [0.5, 0.6) is 17.2 Å². The molecule has 0 saturated heterocycles. The fourth-order valence-corrected chi connectivity index (χ4v) is 2.83. The number of benzene rings is 3. The molecule has 0 heterocycles. The fraction of sp³-hybridized carbons (Fsp3) is 0.167. The van der Waals surface area contributed by atoms with Crippen LogP contribution in [-0.2, 0) is 16.1 Å². The summed E-state index contributed by atoms with van der Waals surface area (Å²) in [5.41, 5.74) is 1.75. The molecule has 160 valence electrons. The van der Waals surface area contributed by atoms with E-state index in [4.69, 9.17) is 18.9 Å². The first kappa shape index (κ1) is 21.7. The molecule has 31 heavy (non-hydrogen) atoms. The zero-order chi connectivity index (χ0) is 22.1. The van der Waals surface area contributed by atoms with Gasteiger partial charge in [-0.25, -0.2) is 4.79 Å². The van der Waals surface area contributed by atoms with E-state index in [2.05, 4.69) is 5.32 Å². The van der Waals surface area contributed by atoms with E-state index in [1.165, 1.54) is 14.2 Å². The molecule has 3 rings (SSSR count). The summed E-state index contributed by atoms with van der Waals surface area (Å²) < 4.78 is 21.2. The van der Waals surface area contributed by atoms with Gasteiger partial charge in [0.15, 0.2) is 6.61 Å². The number of esters is 1. The van der Waals surface area contributed by atoms with Crippen molar-refractivity contribution in [1.29, 1.82) is 0 Å². The molecule has 0 aliphatic carbocycles. The normalized spacial score (nSPS) is 10.1. The zero-order valence-electron chi connectivity index (χ0n) is 17.3. The van der Waals surface area contributed by atoms with Gasteiger partial charge in [0, 0.05) is 5.69 Å². The summed E-state index contributed by atoms with van der Waals surface area (Å²) in [7, 11) is 2.87. The van der Waals surface area contributed by atoms with Gasteiger partial charge in [0.05, 0.1) is 14.2 Å². The van der Waals surface area contributed by atoms with Crippen molar-refractivity contribution in [3.8, 4) is 17.2 Å². The van der Waals surface area contributed by atoms with Crippen molar-refractivity contribution in [1.82, 2.24) is 0 Å². The van der Waals surface area contributed by atoms with Crippen LogP contribution in [0.2, 0.25) is 0 Å². The highest BCUT2D eigenvalue weighted by molar-refractivity contribution is 5.98. The summed E-state index contributed by atoms with van der Waals surface area (Å²) in [6.45, 7) is 0.00119. The molecule has 0 aromatic heterocycles. The number of nitrogens with one attached hydrogen (secondary N) is 1. The van der Waals surface area contributed by atoms with Gasteiger partial charge in [-0.3, -0.25) is 4.79 Å². The van der Waals surface area contributed by atoms with E-state index in [0.717, 1.165) is 5.56 Å². The predicted octanol–water partition coefficient (Wildman–Crippen LogP) is 4.08. The van der Waals surface area contributed by atoms with Gasteiger partial charge in [-0.2, -0.15) is 0 Å². The molecular weight excluding hydrogens is 398 g/mol. The quantitative estimate of drug-likeness (QED) is 0.524. The van der Waals surface area contributed by atoms with E-state index in [1.807, 2.05) is 30.3 Å². The van der Waals surface area contributed by atoms with E-state index >= 15 is 0 Å². The minimum absolute atomic E-state index is 0.125. The van der Waals surface area contributed by atoms with Gasteiger partial charge in [0.25, 0.3) is 5.91 Å². The molecule has 3 aromatic rings. The van der Waals surface area contributed by atoms with Crippen molar-refractivity contribution < 1.29 is 28.5 Å². The summed E-state index contributed by atoms with van der Waals surface area (Å²) in [6.07, 6.45) is 0. The molecule has 7 heteroatoms. The van der Waals surface area contributed by atoms with Crippen LogP contribution in [0, 0.1) is 0 Å². The first-order valence-corrected chi connectivity index (χ1v) is 9.55. The smallest absolute Gasteiger partial charge is 0.346 e. The Morgan fingerprint density at radius 1 is 0.806 bits per heavy atom. The number of carbonyl (C=O) groups is 2. The third-order valence-electron chi connectivity index (χ3n) is 4.35. The average Bonchev–Trinajstić information content (AvgIpc) is 2.82. The maximum absolute atomic E-state index is 12.4. The van der Waals surface area contributed by atoms with Crippen LogP contribution in [0.1, 0.15) is 15.9 Å².